The van der Waals surface area contributed by atoms with Crippen molar-refractivity contribution in [3.05, 3.63) is 50.1 Å². The largest absolute Gasteiger partial charge is 0.380 e. The molecule has 142 valence electrons. The van der Waals surface area contributed by atoms with Gasteiger partial charge in [-0.15, -0.1) is 0 Å². The van der Waals surface area contributed by atoms with Gasteiger partial charge in [-0.25, -0.2) is 4.79 Å². The zero-order chi connectivity index (χ0) is 19.1. The van der Waals surface area contributed by atoms with Gasteiger partial charge in [0.05, 0.1) is 13.2 Å². The van der Waals surface area contributed by atoms with E-state index in [9.17, 15) is 9.59 Å². The maximum absolute atomic E-state index is 13.0. The van der Waals surface area contributed by atoms with Crippen molar-refractivity contribution >= 4 is 34.4 Å². The zero-order valence-corrected chi connectivity index (χ0v) is 15.9. The lowest BCUT2D eigenvalue weighted by Gasteiger charge is -2.16. The first-order chi connectivity index (χ1) is 13.0. The second-order valence-electron chi connectivity index (χ2n) is 6.36. The Hall–Kier alpha value is -2.58. The molecule has 0 N–H and O–H groups in total. The standard InChI is InChI=1S/C18H20ClN5O3/c1-3-27-10-9-24-16(25)14-15(21(2)18(24)26)20-17-22(7-8-23(14)17)13-6-4-5-12(19)11-13/h4-6,11H,3,7-10H2,1-2H3. The first-order valence-electron chi connectivity index (χ1n) is 8.84. The van der Waals surface area contributed by atoms with Crippen LogP contribution in [0.25, 0.3) is 11.2 Å². The predicted octanol–water partition coefficient (Wildman–Crippen LogP) is 1.74. The van der Waals surface area contributed by atoms with E-state index in [2.05, 4.69) is 4.98 Å². The summed E-state index contributed by atoms with van der Waals surface area (Å²) in [6.45, 7) is 4.23. The number of hydrogen-bond acceptors (Lipinski definition) is 5. The van der Waals surface area contributed by atoms with Crippen LogP contribution in [0.1, 0.15) is 6.92 Å². The minimum Gasteiger partial charge on any atom is -0.380 e. The smallest absolute Gasteiger partial charge is 0.332 e. The Bertz CT molecular complexity index is 1130. The second kappa shape index (κ2) is 6.86. The number of aryl methyl sites for hydroxylation is 1. The van der Waals surface area contributed by atoms with Crippen LogP contribution in [-0.4, -0.2) is 38.4 Å². The van der Waals surface area contributed by atoms with Gasteiger partial charge in [0.15, 0.2) is 11.2 Å². The summed E-state index contributed by atoms with van der Waals surface area (Å²) in [4.78, 5) is 32.2. The maximum Gasteiger partial charge on any atom is 0.332 e. The molecule has 2 aromatic heterocycles. The summed E-state index contributed by atoms with van der Waals surface area (Å²) < 4.78 is 9.82. The molecule has 3 heterocycles. The first-order valence-corrected chi connectivity index (χ1v) is 9.21. The molecule has 4 rings (SSSR count). The van der Waals surface area contributed by atoms with Crippen LogP contribution in [0.5, 0.6) is 0 Å². The number of anilines is 2. The van der Waals surface area contributed by atoms with Crippen LogP contribution in [0.15, 0.2) is 33.9 Å². The number of imidazole rings is 1. The van der Waals surface area contributed by atoms with Crippen molar-refractivity contribution in [2.24, 2.45) is 7.05 Å². The summed E-state index contributed by atoms with van der Waals surface area (Å²) in [7, 11) is 1.63. The highest BCUT2D eigenvalue weighted by Crippen LogP contribution is 2.32. The van der Waals surface area contributed by atoms with Gasteiger partial charge in [0.25, 0.3) is 5.56 Å². The molecule has 1 aliphatic heterocycles. The number of fused-ring (bicyclic) bond motifs is 3. The zero-order valence-electron chi connectivity index (χ0n) is 15.2. The topological polar surface area (TPSA) is 74.3 Å². The van der Waals surface area contributed by atoms with Crippen molar-refractivity contribution in [1.82, 2.24) is 18.7 Å². The molecule has 0 spiro atoms. The first kappa shape index (κ1) is 17.8. The van der Waals surface area contributed by atoms with Crippen LogP contribution in [-0.2, 0) is 24.9 Å². The summed E-state index contributed by atoms with van der Waals surface area (Å²) >= 11 is 6.12. The Balaban J connectivity index is 1.87. The third-order valence-corrected chi connectivity index (χ3v) is 5.02. The van der Waals surface area contributed by atoms with E-state index in [1.54, 1.807) is 7.05 Å². The molecule has 8 nitrogen and oxygen atoms in total. The van der Waals surface area contributed by atoms with Gasteiger partial charge in [0.2, 0.25) is 5.95 Å². The van der Waals surface area contributed by atoms with Gasteiger partial charge >= 0.3 is 5.69 Å². The van der Waals surface area contributed by atoms with Crippen molar-refractivity contribution < 1.29 is 4.74 Å². The lowest BCUT2D eigenvalue weighted by Crippen LogP contribution is -2.40. The summed E-state index contributed by atoms with van der Waals surface area (Å²) in [6, 6.07) is 7.49. The molecular formula is C18H20ClN5O3. The van der Waals surface area contributed by atoms with Crippen molar-refractivity contribution in [2.75, 3.05) is 24.7 Å². The fourth-order valence-electron chi connectivity index (χ4n) is 3.46. The third kappa shape index (κ3) is 2.85. The Morgan fingerprint density at radius 1 is 1.26 bits per heavy atom. The average Bonchev–Trinajstić information content (AvgIpc) is 3.22. The fraction of sp³-hybridized carbons (Fsp3) is 0.389. The van der Waals surface area contributed by atoms with E-state index in [0.717, 1.165) is 5.69 Å². The molecular weight excluding hydrogens is 370 g/mol. The fourth-order valence-corrected chi connectivity index (χ4v) is 3.65. The van der Waals surface area contributed by atoms with Gasteiger partial charge < -0.3 is 14.2 Å². The summed E-state index contributed by atoms with van der Waals surface area (Å²) in [5, 5.41) is 0.632. The minimum absolute atomic E-state index is 0.216. The monoisotopic (exact) mass is 389 g/mol. The normalized spacial score (nSPS) is 13.5. The van der Waals surface area contributed by atoms with Gasteiger partial charge in [-0.2, -0.15) is 4.98 Å². The Morgan fingerprint density at radius 3 is 2.81 bits per heavy atom. The van der Waals surface area contributed by atoms with Crippen LogP contribution in [0.4, 0.5) is 11.6 Å². The number of aromatic nitrogens is 4. The van der Waals surface area contributed by atoms with Crippen molar-refractivity contribution in [2.45, 2.75) is 20.0 Å². The van der Waals surface area contributed by atoms with Crippen LogP contribution in [0.3, 0.4) is 0 Å². The molecule has 1 aliphatic rings. The molecule has 0 aliphatic carbocycles. The van der Waals surface area contributed by atoms with Gasteiger partial charge in [-0.1, -0.05) is 17.7 Å². The highest BCUT2D eigenvalue weighted by Gasteiger charge is 2.28. The van der Waals surface area contributed by atoms with E-state index >= 15 is 0 Å². The van der Waals surface area contributed by atoms with E-state index < -0.39 is 5.69 Å². The molecule has 0 amide bonds. The van der Waals surface area contributed by atoms with Crippen LogP contribution in [0, 0.1) is 0 Å². The highest BCUT2D eigenvalue weighted by molar-refractivity contribution is 6.30. The van der Waals surface area contributed by atoms with Gasteiger partial charge in [0, 0.05) is 37.5 Å². The average molecular weight is 390 g/mol. The Morgan fingerprint density at radius 2 is 2.07 bits per heavy atom. The molecule has 1 aromatic carbocycles. The van der Waals surface area contributed by atoms with E-state index in [1.165, 1.54) is 9.13 Å². The molecule has 3 aromatic rings. The molecule has 0 radical (unpaired) electrons. The lowest BCUT2D eigenvalue weighted by atomic mass is 10.3. The van der Waals surface area contributed by atoms with Gasteiger partial charge in [0.1, 0.15) is 0 Å². The van der Waals surface area contributed by atoms with E-state index in [1.807, 2.05) is 40.7 Å². The molecule has 0 fully saturated rings. The SMILES string of the molecule is CCOCCn1c(=O)c2c(nc3n2CCN3c2cccc(Cl)c2)n(C)c1=O. The van der Waals surface area contributed by atoms with Crippen LogP contribution < -0.4 is 16.1 Å². The van der Waals surface area contributed by atoms with Gasteiger partial charge in [-0.3, -0.25) is 13.9 Å². The van der Waals surface area contributed by atoms with Gasteiger partial charge in [-0.05, 0) is 25.1 Å². The summed E-state index contributed by atoms with van der Waals surface area (Å²) in [5.74, 6) is 0.641. The number of hydrogen-bond donors (Lipinski definition) is 0. The van der Waals surface area contributed by atoms with E-state index in [0.29, 0.717) is 48.4 Å². The third-order valence-electron chi connectivity index (χ3n) is 4.78. The van der Waals surface area contributed by atoms with Crippen LogP contribution in [0.2, 0.25) is 5.02 Å². The summed E-state index contributed by atoms with van der Waals surface area (Å²) in [5.41, 5.74) is 1.00. The number of halogens is 1. The molecule has 9 heteroatoms. The van der Waals surface area contributed by atoms with E-state index in [-0.39, 0.29) is 12.1 Å². The minimum atomic E-state index is -0.390. The molecule has 0 saturated heterocycles. The quantitative estimate of drug-likeness (QED) is 0.621. The molecule has 0 unspecified atom stereocenters. The van der Waals surface area contributed by atoms with Crippen molar-refractivity contribution in [3.63, 3.8) is 0 Å². The molecule has 0 saturated carbocycles. The number of nitrogens with zero attached hydrogens (tertiary/aromatic N) is 5. The highest BCUT2D eigenvalue weighted by atomic mass is 35.5. The Labute approximate surface area is 160 Å². The molecule has 27 heavy (non-hydrogen) atoms. The van der Waals surface area contributed by atoms with Crippen LogP contribution >= 0.6 is 11.6 Å². The number of ether oxygens (including phenoxy) is 1. The number of rotatable bonds is 5. The Kier molecular flexibility index (Phi) is 4.53. The second-order valence-corrected chi connectivity index (χ2v) is 6.80. The van der Waals surface area contributed by atoms with E-state index in [4.69, 9.17) is 16.3 Å². The predicted molar refractivity (Wildman–Crippen MR) is 104 cm³/mol. The molecule has 0 atom stereocenters. The lowest BCUT2D eigenvalue weighted by molar-refractivity contribution is 0.137. The van der Waals surface area contributed by atoms with Crippen molar-refractivity contribution in [3.8, 4) is 0 Å². The van der Waals surface area contributed by atoms with Crippen molar-refractivity contribution in [1.29, 1.82) is 0 Å². The maximum atomic E-state index is 13.0. The summed E-state index contributed by atoms with van der Waals surface area (Å²) in [6.07, 6.45) is 0. The number of benzene rings is 1. The molecule has 0 bridgehead atoms.